The molecule has 0 radical (unpaired) electrons. The van der Waals surface area contributed by atoms with E-state index in [-0.39, 0.29) is 35.0 Å². The summed E-state index contributed by atoms with van der Waals surface area (Å²) in [7, 11) is 0. The Balaban J connectivity index is 1.66. The average molecular weight is 418 g/mol. The van der Waals surface area contributed by atoms with E-state index in [1.807, 2.05) is 22.5 Å². The van der Waals surface area contributed by atoms with E-state index >= 15 is 0 Å². The lowest BCUT2D eigenvalue weighted by atomic mass is 9.92. The van der Waals surface area contributed by atoms with E-state index in [0.717, 1.165) is 48.3 Å². The monoisotopic (exact) mass is 417 g/mol. The maximum atomic E-state index is 12.9. The maximum absolute atomic E-state index is 12.9. The Morgan fingerprint density at radius 1 is 1.23 bits per heavy atom. The zero-order valence-electron chi connectivity index (χ0n) is 18.4. The van der Waals surface area contributed by atoms with Gasteiger partial charge in [0.25, 0.3) is 5.56 Å². The molecule has 4 heterocycles. The van der Waals surface area contributed by atoms with E-state index in [2.05, 4.69) is 26.1 Å². The Hall–Kier alpha value is -2.35. The quantitative estimate of drug-likeness (QED) is 0.738. The third kappa shape index (κ3) is 3.31. The Kier molecular flexibility index (Phi) is 4.96. The zero-order valence-corrected chi connectivity index (χ0v) is 18.4. The predicted molar refractivity (Wildman–Crippen MR) is 114 cm³/mol. The standard InChI is InChI=1S/C22H32N4O4/c1-14-11-19(28)24-12-16(25-18(27)6-5-17(14)20(24)25)13-26(22(2,3)4)9-7-15(8-10-26)23-21(29)30/h5-6,14-16,23H,7-13H2,1-4H3/p+1/t14?,15?,16-,26?/m1/s1. The van der Waals surface area contributed by atoms with E-state index < -0.39 is 6.09 Å². The van der Waals surface area contributed by atoms with Crippen molar-refractivity contribution in [3.8, 4) is 0 Å². The van der Waals surface area contributed by atoms with Crippen molar-refractivity contribution < 1.29 is 19.2 Å². The van der Waals surface area contributed by atoms with Crippen molar-refractivity contribution in [1.82, 2.24) is 9.88 Å². The molecule has 8 heteroatoms. The molecule has 0 aromatic carbocycles. The Morgan fingerprint density at radius 3 is 2.50 bits per heavy atom. The molecule has 8 nitrogen and oxygen atoms in total. The van der Waals surface area contributed by atoms with Gasteiger partial charge in [-0.15, -0.1) is 0 Å². The molecule has 30 heavy (non-hydrogen) atoms. The number of likely N-dealkylation sites (tertiary alicyclic amines) is 1. The van der Waals surface area contributed by atoms with Crippen LogP contribution in [0.1, 0.15) is 64.5 Å². The van der Waals surface area contributed by atoms with Crippen LogP contribution in [-0.4, -0.2) is 63.9 Å². The number of quaternary nitrogens is 1. The lowest BCUT2D eigenvalue weighted by Gasteiger charge is -2.53. The Bertz CT molecular complexity index is 924. The van der Waals surface area contributed by atoms with Gasteiger partial charge in [0, 0.05) is 31.4 Å². The van der Waals surface area contributed by atoms with Gasteiger partial charge >= 0.3 is 6.09 Å². The lowest BCUT2D eigenvalue weighted by Crippen LogP contribution is -2.66. The summed E-state index contributed by atoms with van der Waals surface area (Å²) in [6.07, 6.45) is 1.07. The fourth-order valence-corrected chi connectivity index (χ4v) is 5.71. The van der Waals surface area contributed by atoms with Gasteiger partial charge in [0.15, 0.2) is 0 Å². The molecule has 1 fully saturated rings. The van der Waals surface area contributed by atoms with Crippen molar-refractivity contribution in [1.29, 1.82) is 0 Å². The average Bonchev–Trinajstić information content (AvgIpc) is 3.02. The summed E-state index contributed by atoms with van der Waals surface area (Å²) in [6, 6.07) is 3.44. The number of carboxylic acid groups (broad SMARTS) is 1. The van der Waals surface area contributed by atoms with Gasteiger partial charge < -0.3 is 14.9 Å². The predicted octanol–water partition coefficient (Wildman–Crippen LogP) is 2.29. The third-order valence-electron chi connectivity index (χ3n) is 7.58. The lowest BCUT2D eigenvalue weighted by molar-refractivity contribution is -0.976. The molecule has 1 unspecified atom stereocenters. The number of nitrogens with one attached hydrogen (secondary N) is 1. The number of piperidine rings is 1. The molecule has 2 N–H and O–H groups in total. The van der Waals surface area contributed by atoms with Gasteiger partial charge in [-0.25, -0.2) is 4.79 Å². The molecule has 2 amide bonds. The van der Waals surface area contributed by atoms with Crippen molar-refractivity contribution in [2.75, 3.05) is 31.1 Å². The number of rotatable bonds is 3. The van der Waals surface area contributed by atoms with Gasteiger partial charge in [0.1, 0.15) is 18.4 Å². The first-order valence-electron chi connectivity index (χ1n) is 10.9. The molecule has 1 saturated heterocycles. The number of carbonyl (C=O) groups is 2. The van der Waals surface area contributed by atoms with Gasteiger partial charge in [0.2, 0.25) is 5.91 Å². The second kappa shape index (κ2) is 7.11. The van der Waals surface area contributed by atoms with Crippen LogP contribution < -0.4 is 15.8 Å². The molecule has 2 atom stereocenters. The second-order valence-corrected chi connectivity index (χ2v) is 10.3. The summed E-state index contributed by atoms with van der Waals surface area (Å²) in [5, 5.41) is 11.7. The summed E-state index contributed by atoms with van der Waals surface area (Å²) in [5.41, 5.74) is 0.988. The number of hydrogen-bond donors (Lipinski definition) is 2. The second-order valence-electron chi connectivity index (χ2n) is 10.3. The molecule has 0 bridgehead atoms. The van der Waals surface area contributed by atoms with Crippen LogP contribution in [0.4, 0.5) is 10.6 Å². The van der Waals surface area contributed by atoms with Gasteiger partial charge in [-0.1, -0.05) is 6.92 Å². The molecule has 0 spiro atoms. The molecule has 0 aliphatic carbocycles. The molecule has 1 aromatic rings. The van der Waals surface area contributed by atoms with Crippen molar-refractivity contribution in [3.05, 3.63) is 28.0 Å². The third-order valence-corrected chi connectivity index (χ3v) is 7.58. The van der Waals surface area contributed by atoms with Crippen molar-refractivity contribution >= 4 is 17.8 Å². The first kappa shape index (κ1) is 20.9. The molecular formula is C22H33N4O4+. The largest absolute Gasteiger partial charge is 0.465 e. The molecule has 3 aliphatic heterocycles. The molecule has 3 aliphatic rings. The highest BCUT2D eigenvalue weighted by atomic mass is 16.4. The molecule has 1 aromatic heterocycles. The summed E-state index contributed by atoms with van der Waals surface area (Å²) < 4.78 is 2.67. The first-order valence-corrected chi connectivity index (χ1v) is 10.9. The van der Waals surface area contributed by atoms with Gasteiger partial charge in [-0.2, -0.15) is 0 Å². The van der Waals surface area contributed by atoms with Crippen LogP contribution in [0.3, 0.4) is 0 Å². The van der Waals surface area contributed by atoms with Crippen LogP contribution in [-0.2, 0) is 4.79 Å². The first-order chi connectivity index (χ1) is 14.0. The normalized spacial score (nSPS) is 30.9. The summed E-state index contributed by atoms with van der Waals surface area (Å²) >= 11 is 0. The minimum atomic E-state index is -0.971. The van der Waals surface area contributed by atoms with Gasteiger partial charge in [-0.3, -0.25) is 19.1 Å². The molecule has 164 valence electrons. The Labute approximate surface area is 177 Å². The summed E-state index contributed by atoms with van der Waals surface area (Å²) in [5.74, 6) is 1.02. The number of pyridine rings is 1. The number of aromatic nitrogens is 1. The van der Waals surface area contributed by atoms with E-state index in [0.29, 0.717) is 13.0 Å². The maximum Gasteiger partial charge on any atom is 0.404 e. The fourth-order valence-electron chi connectivity index (χ4n) is 5.71. The number of anilines is 1. The topological polar surface area (TPSA) is 91.6 Å². The number of hydrogen-bond acceptors (Lipinski definition) is 3. The van der Waals surface area contributed by atoms with Crippen LogP contribution in [0, 0.1) is 0 Å². The van der Waals surface area contributed by atoms with Crippen LogP contribution in [0.5, 0.6) is 0 Å². The van der Waals surface area contributed by atoms with Crippen LogP contribution in [0.25, 0.3) is 0 Å². The minimum Gasteiger partial charge on any atom is -0.465 e. The van der Waals surface area contributed by atoms with Gasteiger partial charge in [-0.05, 0) is 38.3 Å². The smallest absolute Gasteiger partial charge is 0.404 e. The highest BCUT2D eigenvalue weighted by Crippen LogP contribution is 2.42. The van der Waals surface area contributed by atoms with Crippen LogP contribution in [0.15, 0.2) is 16.9 Å². The molecular weight excluding hydrogens is 384 g/mol. The van der Waals surface area contributed by atoms with Crippen LogP contribution >= 0.6 is 0 Å². The van der Waals surface area contributed by atoms with Crippen molar-refractivity contribution in [2.24, 2.45) is 0 Å². The molecule has 0 saturated carbocycles. The van der Waals surface area contributed by atoms with Crippen molar-refractivity contribution in [2.45, 2.75) is 70.5 Å². The van der Waals surface area contributed by atoms with Crippen LogP contribution in [0.2, 0.25) is 0 Å². The number of nitrogens with zero attached hydrogens (tertiary/aromatic N) is 3. The SMILES string of the molecule is CC1CC(=O)N2C[C@H](C[N+]3(C(C)(C)C)CCC(NC(=O)O)CC3)n3c2c1ccc3=O. The van der Waals surface area contributed by atoms with Gasteiger partial charge in [0.05, 0.1) is 25.2 Å². The van der Waals surface area contributed by atoms with E-state index in [1.54, 1.807) is 6.07 Å². The van der Waals surface area contributed by atoms with E-state index in [1.165, 1.54) is 0 Å². The highest BCUT2D eigenvalue weighted by Gasteiger charge is 2.48. The van der Waals surface area contributed by atoms with E-state index in [4.69, 9.17) is 5.11 Å². The Morgan fingerprint density at radius 2 is 1.90 bits per heavy atom. The summed E-state index contributed by atoms with van der Waals surface area (Å²) in [4.78, 5) is 38.5. The van der Waals surface area contributed by atoms with E-state index in [9.17, 15) is 14.4 Å². The minimum absolute atomic E-state index is 0.0256. The zero-order chi connectivity index (χ0) is 21.8. The summed E-state index contributed by atoms with van der Waals surface area (Å²) in [6.45, 7) is 11.7. The highest BCUT2D eigenvalue weighted by molar-refractivity contribution is 5.97. The molecule has 4 rings (SSSR count). The fraction of sp³-hybridized carbons (Fsp3) is 0.682. The number of carbonyl (C=O) groups excluding carboxylic acids is 1. The number of amides is 2. The van der Waals surface area contributed by atoms with Crippen molar-refractivity contribution in [3.63, 3.8) is 0 Å².